The van der Waals surface area contributed by atoms with Crippen molar-refractivity contribution in [1.29, 1.82) is 0 Å². The Kier molecular flexibility index (Phi) is 8.58. The molecule has 0 aliphatic carbocycles. The largest absolute Gasteiger partial charge is 0.493 e. The number of aliphatic hydroxyl groups excluding tert-OH is 1. The van der Waals surface area contributed by atoms with E-state index in [-0.39, 0.29) is 12.6 Å². The molecule has 0 radical (unpaired) electrons. The highest BCUT2D eigenvalue weighted by molar-refractivity contribution is 5.55. The van der Waals surface area contributed by atoms with Crippen LogP contribution in [0.1, 0.15) is 19.4 Å². The quantitative estimate of drug-likeness (QED) is 0.693. The smallest absolute Gasteiger partial charge is 0.161 e. The molecule has 0 saturated carbocycles. The molecule has 2 unspecified atom stereocenters. The van der Waals surface area contributed by atoms with E-state index in [0.717, 1.165) is 5.56 Å². The molecule has 2 N–H and O–H groups in total. The SMILES string of the molecule is C/C=C/c1ccc(OCC(O)CNC(C)COC)c(OC)c1. The summed E-state index contributed by atoms with van der Waals surface area (Å²) < 4.78 is 16.0. The van der Waals surface area contributed by atoms with Crippen molar-refractivity contribution >= 4 is 6.08 Å². The molecule has 0 fully saturated rings. The third-order valence-electron chi connectivity index (χ3n) is 3.10. The molecule has 0 amide bonds. The number of benzene rings is 1. The average Bonchev–Trinajstić information content (AvgIpc) is 2.52. The number of hydrogen-bond donors (Lipinski definition) is 2. The molecule has 124 valence electrons. The number of hydrogen-bond acceptors (Lipinski definition) is 5. The Balaban J connectivity index is 2.49. The third kappa shape index (κ3) is 6.47. The summed E-state index contributed by atoms with van der Waals surface area (Å²) in [6.07, 6.45) is 3.35. The first-order valence-corrected chi connectivity index (χ1v) is 7.44. The van der Waals surface area contributed by atoms with E-state index in [1.807, 2.05) is 44.2 Å². The van der Waals surface area contributed by atoms with E-state index in [4.69, 9.17) is 14.2 Å². The summed E-state index contributed by atoms with van der Waals surface area (Å²) in [5.74, 6) is 1.28. The van der Waals surface area contributed by atoms with Gasteiger partial charge < -0.3 is 24.6 Å². The van der Waals surface area contributed by atoms with Gasteiger partial charge in [-0.15, -0.1) is 0 Å². The molecule has 1 rings (SSSR count). The van der Waals surface area contributed by atoms with Gasteiger partial charge >= 0.3 is 0 Å². The molecule has 0 spiro atoms. The van der Waals surface area contributed by atoms with Crippen molar-refractivity contribution in [3.05, 3.63) is 29.8 Å². The van der Waals surface area contributed by atoms with Crippen LogP contribution < -0.4 is 14.8 Å². The zero-order chi connectivity index (χ0) is 16.4. The van der Waals surface area contributed by atoms with Crippen LogP contribution in [-0.4, -0.2) is 51.2 Å². The molecule has 0 aromatic heterocycles. The fraction of sp³-hybridized carbons (Fsp3) is 0.529. The second-order valence-electron chi connectivity index (χ2n) is 5.14. The lowest BCUT2D eigenvalue weighted by Gasteiger charge is -2.18. The van der Waals surface area contributed by atoms with Crippen LogP contribution in [0.15, 0.2) is 24.3 Å². The Morgan fingerprint density at radius 2 is 2.00 bits per heavy atom. The van der Waals surface area contributed by atoms with Crippen LogP contribution in [0.5, 0.6) is 11.5 Å². The summed E-state index contributed by atoms with van der Waals surface area (Å²) in [6, 6.07) is 5.89. The van der Waals surface area contributed by atoms with Crippen molar-refractivity contribution < 1.29 is 19.3 Å². The zero-order valence-electron chi connectivity index (χ0n) is 13.8. The first kappa shape index (κ1) is 18.5. The zero-order valence-corrected chi connectivity index (χ0v) is 13.8. The molecule has 0 bridgehead atoms. The Morgan fingerprint density at radius 3 is 2.64 bits per heavy atom. The van der Waals surface area contributed by atoms with Crippen LogP contribution in [0.2, 0.25) is 0 Å². The van der Waals surface area contributed by atoms with Gasteiger partial charge in [0, 0.05) is 19.7 Å². The van der Waals surface area contributed by atoms with E-state index in [9.17, 15) is 5.11 Å². The van der Waals surface area contributed by atoms with Crippen molar-refractivity contribution in [2.75, 3.05) is 34.0 Å². The van der Waals surface area contributed by atoms with Gasteiger partial charge in [-0.1, -0.05) is 18.2 Å². The molecule has 22 heavy (non-hydrogen) atoms. The summed E-state index contributed by atoms with van der Waals surface area (Å²) in [5.41, 5.74) is 1.04. The third-order valence-corrected chi connectivity index (χ3v) is 3.10. The second-order valence-corrected chi connectivity index (χ2v) is 5.14. The lowest BCUT2D eigenvalue weighted by molar-refractivity contribution is 0.0959. The standard InChI is InChI=1S/C17H27NO4/c1-5-6-14-7-8-16(17(9-14)21-4)22-12-15(19)10-18-13(2)11-20-3/h5-9,13,15,18-19H,10-12H2,1-4H3/b6-5+. The van der Waals surface area contributed by atoms with Crippen LogP contribution in [0.4, 0.5) is 0 Å². The van der Waals surface area contributed by atoms with Crippen molar-refractivity contribution in [2.45, 2.75) is 26.0 Å². The number of methoxy groups -OCH3 is 2. The minimum atomic E-state index is -0.598. The van der Waals surface area contributed by atoms with Crippen LogP contribution in [-0.2, 0) is 4.74 Å². The van der Waals surface area contributed by atoms with Gasteiger partial charge in [-0.2, -0.15) is 0 Å². The number of aliphatic hydroxyl groups is 1. The van der Waals surface area contributed by atoms with E-state index < -0.39 is 6.10 Å². The molecule has 0 aliphatic rings. The first-order valence-electron chi connectivity index (χ1n) is 7.44. The predicted octanol–water partition coefficient (Wildman–Crippen LogP) is 2.09. The van der Waals surface area contributed by atoms with Gasteiger partial charge in [-0.3, -0.25) is 0 Å². The van der Waals surface area contributed by atoms with Gasteiger partial charge in [0.05, 0.1) is 13.7 Å². The molecule has 5 nitrogen and oxygen atoms in total. The molecular formula is C17H27NO4. The molecule has 5 heteroatoms. The van der Waals surface area contributed by atoms with E-state index in [1.165, 1.54) is 0 Å². The highest BCUT2D eigenvalue weighted by Gasteiger charge is 2.10. The van der Waals surface area contributed by atoms with Crippen molar-refractivity contribution in [3.8, 4) is 11.5 Å². The Labute approximate surface area is 132 Å². The van der Waals surface area contributed by atoms with Gasteiger partial charge in [0.25, 0.3) is 0 Å². The van der Waals surface area contributed by atoms with Crippen LogP contribution in [0, 0.1) is 0 Å². The molecule has 0 heterocycles. The molecule has 1 aromatic rings. The lowest BCUT2D eigenvalue weighted by Crippen LogP contribution is -2.38. The molecule has 0 saturated heterocycles. The number of rotatable bonds is 10. The van der Waals surface area contributed by atoms with E-state index in [0.29, 0.717) is 24.7 Å². The van der Waals surface area contributed by atoms with Gasteiger partial charge in [-0.25, -0.2) is 0 Å². The fourth-order valence-electron chi connectivity index (χ4n) is 1.99. The maximum absolute atomic E-state index is 9.95. The minimum Gasteiger partial charge on any atom is -0.493 e. The van der Waals surface area contributed by atoms with E-state index >= 15 is 0 Å². The number of allylic oxidation sites excluding steroid dienone is 1. The van der Waals surface area contributed by atoms with Crippen LogP contribution >= 0.6 is 0 Å². The number of ether oxygens (including phenoxy) is 3. The van der Waals surface area contributed by atoms with Crippen molar-refractivity contribution in [2.24, 2.45) is 0 Å². The van der Waals surface area contributed by atoms with Crippen molar-refractivity contribution in [3.63, 3.8) is 0 Å². The van der Waals surface area contributed by atoms with Gasteiger partial charge in [0.2, 0.25) is 0 Å². The molecule has 0 aliphatic heterocycles. The topological polar surface area (TPSA) is 60.0 Å². The van der Waals surface area contributed by atoms with Gasteiger partial charge in [-0.05, 0) is 31.5 Å². The summed E-state index contributed by atoms with van der Waals surface area (Å²) in [7, 11) is 3.26. The molecule has 1 aromatic carbocycles. The summed E-state index contributed by atoms with van der Waals surface area (Å²) >= 11 is 0. The Bertz CT molecular complexity index is 462. The van der Waals surface area contributed by atoms with Gasteiger partial charge in [0.1, 0.15) is 12.7 Å². The first-order chi connectivity index (χ1) is 10.6. The van der Waals surface area contributed by atoms with Crippen LogP contribution in [0.25, 0.3) is 6.08 Å². The van der Waals surface area contributed by atoms with Crippen molar-refractivity contribution in [1.82, 2.24) is 5.32 Å². The average molecular weight is 309 g/mol. The van der Waals surface area contributed by atoms with Crippen LogP contribution in [0.3, 0.4) is 0 Å². The lowest BCUT2D eigenvalue weighted by atomic mass is 10.2. The maximum atomic E-state index is 9.95. The summed E-state index contributed by atoms with van der Waals surface area (Å²) in [4.78, 5) is 0. The summed E-state index contributed by atoms with van der Waals surface area (Å²) in [5, 5.41) is 13.1. The fourth-order valence-corrected chi connectivity index (χ4v) is 1.99. The highest BCUT2D eigenvalue weighted by Crippen LogP contribution is 2.28. The summed E-state index contributed by atoms with van der Waals surface area (Å²) in [6.45, 7) is 5.22. The van der Waals surface area contributed by atoms with E-state index in [1.54, 1.807) is 14.2 Å². The monoisotopic (exact) mass is 309 g/mol. The normalized spacial score (nSPS) is 14.0. The number of nitrogens with one attached hydrogen (secondary N) is 1. The second kappa shape index (κ2) is 10.2. The highest BCUT2D eigenvalue weighted by atomic mass is 16.5. The predicted molar refractivity (Wildman–Crippen MR) is 88.5 cm³/mol. The minimum absolute atomic E-state index is 0.189. The van der Waals surface area contributed by atoms with E-state index in [2.05, 4.69) is 5.32 Å². The molecular weight excluding hydrogens is 282 g/mol. The van der Waals surface area contributed by atoms with Gasteiger partial charge in [0.15, 0.2) is 11.5 Å². The Hall–Kier alpha value is -1.56. The maximum Gasteiger partial charge on any atom is 0.161 e. The molecule has 2 atom stereocenters. The Morgan fingerprint density at radius 1 is 1.23 bits per heavy atom.